The minimum atomic E-state index is -4.33. The van der Waals surface area contributed by atoms with Crippen LogP contribution in [-0.2, 0) is 11.9 Å². The Morgan fingerprint density at radius 1 is 1.00 bits per heavy atom. The van der Waals surface area contributed by atoms with Crippen LogP contribution >= 0.6 is 11.8 Å². The van der Waals surface area contributed by atoms with Crippen molar-refractivity contribution in [1.29, 1.82) is 0 Å². The van der Waals surface area contributed by atoms with E-state index in [1.165, 1.54) is 23.9 Å². The number of ether oxygens (including phenoxy) is 1. The molecule has 0 aliphatic heterocycles. The highest BCUT2D eigenvalue weighted by Crippen LogP contribution is 2.31. The number of para-hydroxylation sites is 1. The van der Waals surface area contributed by atoms with Crippen molar-refractivity contribution in [2.24, 2.45) is 0 Å². The number of hydrogen-bond acceptors (Lipinski definition) is 4. The van der Waals surface area contributed by atoms with Crippen LogP contribution in [0, 0.1) is 6.92 Å². The summed E-state index contributed by atoms with van der Waals surface area (Å²) in [5.74, 6) is 1.82. The first-order chi connectivity index (χ1) is 13.7. The first kappa shape index (κ1) is 21.2. The molecule has 0 aliphatic rings. The van der Waals surface area contributed by atoms with Crippen LogP contribution in [0.4, 0.5) is 13.2 Å². The van der Waals surface area contributed by atoms with E-state index < -0.39 is 11.7 Å². The summed E-state index contributed by atoms with van der Waals surface area (Å²) in [6.07, 6.45) is -4.33. The zero-order valence-electron chi connectivity index (χ0n) is 16.3. The summed E-state index contributed by atoms with van der Waals surface area (Å²) in [5, 5.41) is 0.527. The molecule has 0 bridgehead atoms. The molecule has 0 unspecified atom stereocenters. The Kier molecular flexibility index (Phi) is 6.47. The highest BCUT2D eigenvalue weighted by molar-refractivity contribution is 7.98. The first-order valence-electron chi connectivity index (χ1n) is 9.14. The van der Waals surface area contributed by atoms with Gasteiger partial charge in [-0.25, -0.2) is 4.98 Å². The number of alkyl halides is 3. The molecule has 0 amide bonds. The molecule has 3 rings (SSSR count). The van der Waals surface area contributed by atoms with Gasteiger partial charge in [0.25, 0.3) is 0 Å². The zero-order chi connectivity index (χ0) is 21.0. The van der Waals surface area contributed by atoms with Crippen molar-refractivity contribution < 1.29 is 17.9 Å². The predicted octanol–water partition coefficient (Wildman–Crippen LogP) is 7.01. The van der Waals surface area contributed by atoms with E-state index in [1.807, 2.05) is 51.1 Å². The van der Waals surface area contributed by atoms with Crippen LogP contribution in [0.1, 0.15) is 42.1 Å². The van der Waals surface area contributed by atoms with Gasteiger partial charge in [-0.1, -0.05) is 55.9 Å². The third-order valence-electron chi connectivity index (χ3n) is 4.25. The lowest BCUT2D eigenvalue weighted by molar-refractivity contribution is -0.137. The Bertz CT molecular complexity index is 973. The molecule has 1 heterocycles. The minimum Gasteiger partial charge on any atom is -0.439 e. The van der Waals surface area contributed by atoms with Crippen molar-refractivity contribution in [2.75, 3.05) is 0 Å². The van der Waals surface area contributed by atoms with E-state index in [0.29, 0.717) is 16.8 Å². The third-order valence-corrected chi connectivity index (χ3v) is 5.17. The second-order valence-electron chi connectivity index (χ2n) is 6.92. The standard InChI is InChI=1S/C22H21F3N2OS/c1-14(2)18-12-20(28-19-7-5-4-6-15(19)3)27-21(26-18)29-13-16-8-10-17(11-9-16)22(23,24)25/h4-12,14H,13H2,1-3H3. The molecule has 29 heavy (non-hydrogen) atoms. The Morgan fingerprint density at radius 2 is 1.69 bits per heavy atom. The molecule has 0 fully saturated rings. The number of aromatic nitrogens is 2. The summed E-state index contributed by atoms with van der Waals surface area (Å²) in [5.41, 5.74) is 1.95. The molecule has 0 aliphatic carbocycles. The van der Waals surface area contributed by atoms with E-state index >= 15 is 0 Å². The van der Waals surface area contributed by atoms with Gasteiger partial charge in [0.2, 0.25) is 5.88 Å². The number of benzene rings is 2. The predicted molar refractivity (Wildman–Crippen MR) is 108 cm³/mol. The van der Waals surface area contributed by atoms with Crippen LogP contribution in [0.15, 0.2) is 59.8 Å². The van der Waals surface area contributed by atoms with Crippen LogP contribution in [-0.4, -0.2) is 9.97 Å². The van der Waals surface area contributed by atoms with Crippen molar-refractivity contribution >= 4 is 11.8 Å². The minimum absolute atomic E-state index is 0.183. The van der Waals surface area contributed by atoms with Gasteiger partial charge in [0.15, 0.2) is 5.16 Å². The van der Waals surface area contributed by atoms with Crippen molar-refractivity contribution in [3.05, 3.63) is 77.0 Å². The van der Waals surface area contributed by atoms with E-state index in [1.54, 1.807) is 0 Å². The molecule has 3 nitrogen and oxygen atoms in total. The quantitative estimate of drug-likeness (QED) is 0.318. The molecular weight excluding hydrogens is 397 g/mol. The largest absolute Gasteiger partial charge is 0.439 e. The monoisotopic (exact) mass is 418 g/mol. The lowest BCUT2D eigenvalue weighted by Gasteiger charge is -2.12. The third kappa shape index (κ3) is 5.73. The maximum atomic E-state index is 12.7. The summed E-state index contributed by atoms with van der Waals surface area (Å²) in [6.45, 7) is 6.02. The molecule has 0 saturated carbocycles. The van der Waals surface area contributed by atoms with E-state index in [4.69, 9.17) is 4.74 Å². The maximum absolute atomic E-state index is 12.7. The highest BCUT2D eigenvalue weighted by Gasteiger charge is 2.29. The van der Waals surface area contributed by atoms with Crippen LogP contribution in [0.3, 0.4) is 0 Å². The van der Waals surface area contributed by atoms with Gasteiger partial charge >= 0.3 is 6.18 Å². The Labute approximate surface area is 172 Å². The van der Waals surface area contributed by atoms with Gasteiger partial charge in [-0.15, -0.1) is 0 Å². The second-order valence-corrected chi connectivity index (χ2v) is 7.86. The number of nitrogens with zero attached hydrogens (tertiary/aromatic N) is 2. The van der Waals surface area contributed by atoms with Gasteiger partial charge in [-0.2, -0.15) is 18.2 Å². The highest BCUT2D eigenvalue weighted by atomic mass is 32.2. The van der Waals surface area contributed by atoms with E-state index in [0.717, 1.165) is 34.7 Å². The molecule has 2 aromatic carbocycles. The summed E-state index contributed by atoms with van der Waals surface area (Å²) in [4.78, 5) is 9.03. The van der Waals surface area contributed by atoms with Crippen LogP contribution in [0.2, 0.25) is 0 Å². The Hall–Kier alpha value is -2.54. The fraction of sp³-hybridized carbons (Fsp3) is 0.273. The second kappa shape index (κ2) is 8.86. The smallest absolute Gasteiger partial charge is 0.416 e. The molecule has 1 aromatic heterocycles. The topological polar surface area (TPSA) is 35.0 Å². The van der Waals surface area contributed by atoms with Crippen molar-refractivity contribution in [3.8, 4) is 11.6 Å². The summed E-state index contributed by atoms with van der Waals surface area (Å²) < 4.78 is 44.1. The van der Waals surface area contributed by atoms with Gasteiger partial charge in [-0.05, 0) is 42.2 Å². The van der Waals surface area contributed by atoms with Gasteiger partial charge in [0, 0.05) is 11.8 Å². The van der Waals surface area contributed by atoms with Gasteiger partial charge in [0.05, 0.1) is 11.3 Å². The number of halogens is 3. The van der Waals surface area contributed by atoms with E-state index in [-0.39, 0.29) is 5.92 Å². The van der Waals surface area contributed by atoms with Gasteiger partial charge in [0.1, 0.15) is 5.75 Å². The zero-order valence-corrected chi connectivity index (χ0v) is 17.1. The van der Waals surface area contributed by atoms with Crippen LogP contribution in [0.5, 0.6) is 11.6 Å². The fourth-order valence-electron chi connectivity index (χ4n) is 2.55. The molecule has 0 N–H and O–H groups in total. The lowest BCUT2D eigenvalue weighted by Crippen LogP contribution is -2.04. The number of thioether (sulfide) groups is 1. The van der Waals surface area contributed by atoms with E-state index in [9.17, 15) is 13.2 Å². The van der Waals surface area contributed by atoms with Gasteiger partial charge < -0.3 is 4.74 Å². The molecule has 152 valence electrons. The Balaban J connectivity index is 1.78. The molecule has 0 atom stereocenters. The maximum Gasteiger partial charge on any atom is 0.416 e. The summed E-state index contributed by atoms with van der Waals surface area (Å²) in [6, 6.07) is 14.6. The lowest BCUT2D eigenvalue weighted by atomic mass is 10.1. The van der Waals surface area contributed by atoms with Crippen LogP contribution in [0.25, 0.3) is 0 Å². The fourth-order valence-corrected chi connectivity index (χ4v) is 3.37. The molecule has 0 saturated heterocycles. The molecular formula is C22H21F3N2OS. The number of aryl methyl sites for hydroxylation is 1. The number of hydrogen-bond donors (Lipinski definition) is 0. The molecule has 0 radical (unpaired) electrons. The summed E-state index contributed by atoms with van der Waals surface area (Å²) in [7, 11) is 0. The van der Waals surface area contributed by atoms with Crippen LogP contribution < -0.4 is 4.74 Å². The SMILES string of the molecule is Cc1ccccc1Oc1cc(C(C)C)nc(SCc2ccc(C(F)(F)F)cc2)n1. The molecule has 3 aromatic rings. The first-order valence-corrected chi connectivity index (χ1v) is 10.1. The van der Waals surface area contributed by atoms with Crippen molar-refractivity contribution in [1.82, 2.24) is 9.97 Å². The van der Waals surface area contributed by atoms with Gasteiger partial charge in [-0.3, -0.25) is 0 Å². The average molecular weight is 418 g/mol. The van der Waals surface area contributed by atoms with E-state index in [2.05, 4.69) is 9.97 Å². The summed E-state index contributed by atoms with van der Waals surface area (Å²) >= 11 is 1.36. The van der Waals surface area contributed by atoms with Crippen molar-refractivity contribution in [3.63, 3.8) is 0 Å². The average Bonchev–Trinajstić information content (AvgIpc) is 2.67. The molecule has 0 spiro atoms. The molecule has 7 heteroatoms. The Morgan fingerprint density at radius 3 is 2.31 bits per heavy atom. The normalized spacial score (nSPS) is 11.7. The van der Waals surface area contributed by atoms with Crippen molar-refractivity contribution in [2.45, 2.75) is 43.8 Å². The number of rotatable bonds is 6.